The zero-order chi connectivity index (χ0) is 59.8. The van der Waals surface area contributed by atoms with E-state index < -0.39 is 126 Å². The summed E-state index contributed by atoms with van der Waals surface area (Å²) in [4.78, 5) is 62.3. The number of alkyl carbamates (subject to hydrolysis) is 2. The standard InChI is InChI=1S/C53H62F10N10O8/c1-50(2,52(58,59)60)43(68-48(77)79-5)45(75)67-40(19-30-10-7-29(8-11-30)9-12-31-13-16-42(66-22-31)71-23-33-14-15-34(24-71)73(33)35-27-81-28-35)41(74)26-72(70-46(76)44(69-49(78)80-6)51(3,4)53(61,62)63)25-36-37(54)20-32(21-38(36)55)39(64)17-18-65-47(56)57/h7-8,10-11,13,16-18,20-22,33-35,40-41,43-44,47,64-65,74H,14-15,19,23-28H2,1-6H3,(H,67,75)(H,68,77)(H,69,78)(H,70,76)/b18-17-,64-39?/t33?,34?,40-,41-,43+,44+/m0/s1. The average Bonchev–Trinajstić information content (AvgIpc) is 3.84. The number of halogens is 10. The third-order valence-corrected chi connectivity index (χ3v) is 14.5. The van der Waals surface area contributed by atoms with Gasteiger partial charge in [0.15, 0.2) is 0 Å². The fourth-order valence-electron chi connectivity index (χ4n) is 9.39. The molecule has 4 amide bonds. The number of nitrogens with one attached hydrogen (secondary N) is 6. The van der Waals surface area contributed by atoms with Crippen molar-refractivity contribution in [2.45, 2.75) is 115 Å². The van der Waals surface area contributed by atoms with Gasteiger partial charge in [0.2, 0.25) is 5.91 Å². The Morgan fingerprint density at radius 2 is 1.35 bits per heavy atom. The molecule has 1 aromatic heterocycles. The van der Waals surface area contributed by atoms with Crippen LogP contribution in [0.15, 0.2) is 67.0 Å². The van der Waals surface area contributed by atoms with Crippen molar-refractivity contribution in [3.8, 4) is 11.8 Å². The quantitative estimate of drug-likeness (QED) is 0.0213. The number of amides is 4. The first-order valence-electron chi connectivity index (χ1n) is 25.2. The summed E-state index contributed by atoms with van der Waals surface area (Å²) in [5.74, 6) is 0.653. The Morgan fingerprint density at radius 1 is 0.815 bits per heavy atom. The minimum Gasteiger partial charge on any atom is -0.453 e. The number of allylic oxidation sites excluding steroid dienone is 1. The summed E-state index contributed by atoms with van der Waals surface area (Å²) in [5.41, 5.74) is -5.01. The second-order valence-electron chi connectivity index (χ2n) is 20.7. The number of rotatable bonds is 21. The highest BCUT2D eigenvalue weighted by molar-refractivity contribution is 6.06. The van der Waals surface area contributed by atoms with E-state index >= 15 is 8.78 Å². The number of anilines is 1. The van der Waals surface area contributed by atoms with Crippen LogP contribution in [0, 0.1) is 39.7 Å². The van der Waals surface area contributed by atoms with Crippen LogP contribution in [0.5, 0.6) is 0 Å². The topological polar surface area (TPSA) is 223 Å². The number of alkyl halides is 8. The molecule has 3 aliphatic heterocycles. The lowest BCUT2D eigenvalue weighted by molar-refractivity contribution is -0.221. The second kappa shape index (κ2) is 26.1. The van der Waals surface area contributed by atoms with Crippen molar-refractivity contribution < 1.29 is 82.4 Å². The summed E-state index contributed by atoms with van der Waals surface area (Å²) in [6.45, 7) is 0.0307. The number of carbonyl (C=O) groups is 4. The lowest BCUT2D eigenvalue weighted by Crippen LogP contribution is -2.63. The molecule has 7 N–H and O–H groups in total. The Balaban J connectivity index is 1.31. The van der Waals surface area contributed by atoms with Crippen molar-refractivity contribution in [3.05, 3.63) is 106 Å². The molecule has 2 bridgehead atoms. The predicted octanol–water partition coefficient (Wildman–Crippen LogP) is 6.05. The number of methoxy groups -OCH3 is 2. The molecule has 3 aromatic rings. The van der Waals surface area contributed by atoms with E-state index in [0.29, 0.717) is 80.3 Å². The van der Waals surface area contributed by atoms with E-state index in [1.165, 1.54) is 24.3 Å². The van der Waals surface area contributed by atoms with E-state index in [0.717, 1.165) is 65.3 Å². The van der Waals surface area contributed by atoms with Crippen molar-refractivity contribution in [2.75, 3.05) is 52.0 Å². The van der Waals surface area contributed by atoms with E-state index in [9.17, 15) is 59.4 Å². The van der Waals surface area contributed by atoms with Gasteiger partial charge in [0.1, 0.15) is 29.5 Å². The summed E-state index contributed by atoms with van der Waals surface area (Å²) >= 11 is 0. The van der Waals surface area contributed by atoms with Crippen molar-refractivity contribution >= 4 is 35.5 Å². The normalized spacial score (nSPS) is 18.5. The third kappa shape index (κ3) is 15.6. The molecule has 3 fully saturated rings. The summed E-state index contributed by atoms with van der Waals surface area (Å²) in [6.07, 6.45) is -10.9. The molecule has 3 aliphatic rings. The molecule has 4 heterocycles. The molecular formula is C53H62F10N10O8. The van der Waals surface area contributed by atoms with Crippen LogP contribution in [0.3, 0.4) is 0 Å². The van der Waals surface area contributed by atoms with Crippen molar-refractivity contribution in [3.63, 3.8) is 0 Å². The van der Waals surface area contributed by atoms with Crippen LogP contribution in [0.25, 0.3) is 0 Å². The molecular weight excluding hydrogens is 1090 g/mol. The largest absolute Gasteiger partial charge is 0.453 e. The van der Waals surface area contributed by atoms with Gasteiger partial charge >= 0.3 is 31.1 Å². The molecule has 2 aromatic carbocycles. The minimum absolute atomic E-state index is 0.264. The Bertz CT molecular complexity index is 2790. The van der Waals surface area contributed by atoms with Crippen LogP contribution in [0.4, 0.5) is 59.3 Å². The van der Waals surface area contributed by atoms with Crippen LogP contribution in [-0.4, -0.2) is 158 Å². The molecule has 28 heteroatoms. The highest BCUT2D eigenvalue weighted by atomic mass is 19.4. The van der Waals surface area contributed by atoms with Gasteiger partial charge in [-0.25, -0.2) is 28.4 Å². The number of benzene rings is 2. The molecule has 0 spiro atoms. The molecule has 0 radical (unpaired) electrons. The number of ether oxygens (including phenoxy) is 3. The van der Waals surface area contributed by atoms with E-state index in [1.54, 1.807) is 16.8 Å². The third-order valence-electron chi connectivity index (χ3n) is 14.5. The van der Waals surface area contributed by atoms with Gasteiger partial charge in [0.25, 0.3) is 5.91 Å². The number of carbonyl (C=O) groups excluding carboxylic acids is 4. The molecule has 3 saturated heterocycles. The molecule has 442 valence electrons. The van der Waals surface area contributed by atoms with Gasteiger partial charge in [-0.2, -0.15) is 35.1 Å². The molecule has 0 aliphatic carbocycles. The summed E-state index contributed by atoms with van der Waals surface area (Å²) in [7, 11) is 1.59. The van der Waals surface area contributed by atoms with Crippen molar-refractivity contribution in [2.24, 2.45) is 10.8 Å². The van der Waals surface area contributed by atoms with Crippen LogP contribution < -0.4 is 31.6 Å². The van der Waals surface area contributed by atoms with Gasteiger partial charge in [-0.1, -0.05) is 24.0 Å². The number of hydrogen-bond donors (Lipinski definition) is 7. The van der Waals surface area contributed by atoms with Gasteiger partial charge < -0.3 is 50.9 Å². The number of aromatic nitrogens is 1. The molecule has 6 rings (SSSR count). The summed E-state index contributed by atoms with van der Waals surface area (Å²) in [5, 5.41) is 28.1. The number of aliphatic hydroxyl groups is 1. The zero-order valence-corrected chi connectivity index (χ0v) is 44.7. The Morgan fingerprint density at radius 3 is 1.83 bits per heavy atom. The van der Waals surface area contributed by atoms with Gasteiger partial charge in [0.05, 0.1) is 62.2 Å². The van der Waals surface area contributed by atoms with Gasteiger partial charge in [0, 0.05) is 72.9 Å². The zero-order valence-electron chi connectivity index (χ0n) is 44.7. The smallest absolute Gasteiger partial charge is 0.407 e. The number of hydrazine groups is 1. The SMILES string of the molecule is COC(=O)N[C@H](C(=O)N[C@@H](Cc1ccc(C#Cc2ccc(N3CC4CCC(C3)N4C3COC3)nc2)cc1)[C@@H](O)CN(Cc1c(F)cc(C(=N)/C=C\NC(F)F)cc1F)NC(=O)[C@@H](NC(=O)OC)C(C)(C)C(F)(F)F)C(C)(C)C(F)(F)F. The van der Waals surface area contributed by atoms with E-state index in [1.807, 2.05) is 22.9 Å². The average molecular weight is 1160 g/mol. The fourth-order valence-corrected chi connectivity index (χ4v) is 9.39. The Labute approximate surface area is 459 Å². The Kier molecular flexibility index (Phi) is 20.3. The van der Waals surface area contributed by atoms with E-state index in [-0.39, 0.29) is 5.56 Å². The number of fused-ring (bicyclic) bond motifs is 2. The Hall–Kier alpha value is -7.22. The molecule has 18 nitrogen and oxygen atoms in total. The first-order valence-corrected chi connectivity index (χ1v) is 25.2. The summed E-state index contributed by atoms with van der Waals surface area (Å²) < 4.78 is 159. The van der Waals surface area contributed by atoms with Crippen LogP contribution in [0.1, 0.15) is 68.4 Å². The van der Waals surface area contributed by atoms with Crippen LogP contribution in [-0.2, 0) is 36.8 Å². The fraction of sp³-hybridized carbons (Fsp3) is 0.509. The second-order valence-corrected chi connectivity index (χ2v) is 20.7. The first kappa shape index (κ1) is 63.0. The number of pyridine rings is 1. The van der Waals surface area contributed by atoms with Gasteiger partial charge in [-0.3, -0.25) is 19.9 Å². The van der Waals surface area contributed by atoms with Gasteiger partial charge in [-0.05, 0) is 95.0 Å². The van der Waals surface area contributed by atoms with Crippen LogP contribution >= 0.6 is 0 Å². The van der Waals surface area contributed by atoms with Crippen molar-refractivity contribution in [1.82, 2.24) is 41.6 Å². The predicted molar refractivity (Wildman–Crippen MR) is 272 cm³/mol. The van der Waals surface area contributed by atoms with Crippen molar-refractivity contribution in [1.29, 1.82) is 5.41 Å². The molecule has 2 unspecified atom stereocenters. The van der Waals surface area contributed by atoms with Gasteiger partial charge in [-0.15, -0.1) is 0 Å². The summed E-state index contributed by atoms with van der Waals surface area (Å²) in [6, 6.07) is 5.36. The maximum Gasteiger partial charge on any atom is 0.407 e. The number of nitrogens with zero attached hydrogens (tertiary/aromatic N) is 4. The highest BCUT2D eigenvalue weighted by Crippen LogP contribution is 2.42. The van der Waals surface area contributed by atoms with E-state index in [4.69, 9.17) is 10.1 Å². The van der Waals surface area contributed by atoms with Crippen LogP contribution in [0.2, 0.25) is 0 Å². The molecule has 0 saturated carbocycles. The molecule has 6 atom stereocenters. The molecule has 81 heavy (non-hydrogen) atoms. The number of aliphatic hydroxyl groups excluding tert-OH is 1. The first-order chi connectivity index (χ1) is 37.9. The van der Waals surface area contributed by atoms with E-state index in [2.05, 4.69) is 41.4 Å². The minimum atomic E-state index is -5.24. The maximum atomic E-state index is 15.9. The lowest BCUT2D eigenvalue weighted by Gasteiger charge is -2.47. The lowest BCUT2D eigenvalue weighted by atomic mass is 9.82. The maximum absolute atomic E-state index is 15.9. The monoisotopic (exact) mass is 1160 g/mol. The highest BCUT2D eigenvalue weighted by Gasteiger charge is 2.57. The number of piperazine rings is 1. The number of hydrogen-bond acceptors (Lipinski definition) is 14.